The van der Waals surface area contributed by atoms with Gasteiger partial charge in [-0.25, -0.2) is 9.78 Å². The van der Waals surface area contributed by atoms with Crippen molar-refractivity contribution in [2.75, 3.05) is 6.61 Å². The number of carbonyl (C=O) groups excluding carboxylic acids is 1. The van der Waals surface area contributed by atoms with E-state index in [4.69, 9.17) is 20.2 Å². The number of rotatable bonds is 2. The summed E-state index contributed by atoms with van der Waals surface area (Å²) in [6, 6.07) is 5.60. The van der Waals surface area contributed by atoms with Gasteiger partial charge in [-0.2, -0.15) is 0 Å². The maximum absolute atomic E-state index is 13.4. The Morgan fingerprint density at radius 1 is 1.23 bits per heavy atom. The van der Waals surface area contributed by atoms with Crippen LogP contribution in [0.15, 0.2) is 23.0 Å². The fraction of sp³-hybridized carbons (Fsp3) is 0.348. The van der Waals surface area contributed by atoms with E-state index in [9.17, 15) is 14.7 Å². The summed E-state index contributed by atoms with van der Waals surface area (Å²) >= 11 is 0. The molecule has 8 heteroatoms. The first-order valence-corrected chi connectivity index (χ1v) is 10.4. The summed E-state index contributed by atoms with van der Waals surface area (Å²) in [6.07, 6.45) is 0.832. The summed E-state index contributed by atoms with van der Waals surface area (Å²) in [5.41, 5.74) is 9.63. The van der Waals surface area contributed by atoms with Crippen molar-refractivity contribution < 1.29 is 19.4 Å². The summed E-state index contributed by atoms with van der Waals surface area (Å²) in [5, 5.41) is 12.0. The van der Waals surface area contributed by atoms with E-state index in [-0.39, 0.29) is 18.6 Å². The van der Waals surface area contributed by atoms with Gasteiger partial charge in [-0.05, 0) is 24.1 Å². The third kappa shape index (κ3) is 2.23. The number of hydrogen-bond acceptors (Lipinski definition) is 7. The van der Waals surface area contributed by atoms with Crippen LogP contribution in [0.3, 0.4) is 0 Å². The van der Waals surface area contributed by atoms with E-state index in [1.54, 1.807) is 17.6 Å². The topological polar surface area (TPSA) is 117 Å². The minimum atomic E-state index is -1.83. The Hall–Kier alpha value is -3.23. The molecule has 0 amide bonds. The number of esters is 1. The first-order valence-electron chi connectivity index (χ1n) is 10.4. The van der Waals surface area contributed by atoms with Gasteiger partial charge in [-0.3, -0.25) is 4.79 Å². The Bertz CT molecular complexity index is 1380. The van der Waals surface area contributed by atoms with E-state index in [1.165, 1.54) is 0 Å². The number of nitrogens with zero attached hydrogens (tertiary/aromatic N) is 2. The quantitative estimate of drug-likeness (QED) is 0.473. The Kier molecular flexibility index (Phi) is 3.68. The Morgan fingerprint density at radius 2 is 2.06 bits per heavy atom. The van der Waals surface area contributed by atoms with Gasteiger partial charge in [-0.15, -0.1) is 0 Å². The van der Waals surface area contributed by atoms with Gasteiger partial charge < -0.3 is 24.9 Å². The number of ether oxygens (including phenoxy) is 2. The third-order valence-electron chi connectivity index (χ3n) is 6.82. The minimum Gasteiger partial charge on any atom is -0.492 e. The van der Waals surface area contributed by atoms with Crippen LogP contribution < -0.4 is 16.0 Å². The average molecular weight is 419 g/mol. The second-order valence-electron chi connectivity index (χ2n) is 8.27. The van der Waals surface area contributed by atoms with Crippen LogP contribution in [-0.2, 0) is 41.2 Å². The lowest BCUT2D eigenvalue weighted by molar-refractivity contribution is -0.172. The zero-order valence-electron chi connectivity index (χ0n) is 17.0. The predicted octanol–water partition coefficient (Wildman–Crippen LogP) is 1.47. The van der Waals surface area contributed by atoms with Crippen molar-refractivity contribution in [2.24, 2.45) is 5.73 Å². The zero-order valence-corrected chi connectivity index (χ0v) is 17.0. The van der Waals surface area contributed by atoms with E-state index in [0.29, 0.717) is 48.6 Å². The van der Waals surface area contributed by atoms with Gasteiger partial charge in [0.05, 0.1) is 35.6 Å². The molecule has 8 nitrogen and oxygen atoms in total. The molecule has 0 unspecified atom stereocenters. The van der Waals surface area contributed by atoms with Gasteiger partial charge >= 0.3 is 5.97 Å². The smallest absolute Gasteiger partial charge is 0.343 e. The molecule has 3 aliphatic rings. The number of benzene rings is 1. The van der Waals surface area contributed by atoms with Gasteiger partial charge in [0, 0.05) is 35.0 Å². The molecule has 1 aromatic carbocycles. The number of nitrogens with two attached hydrogens (primary N) is 1. The monoisotopic (exact) mass is 419 g/mol. The maximum Gasteiger partial charge on any atom is 0.343 e. The van der Waals surface area contributed by atoms with Crippen molar-refractivity contribution in [1.82, 2.24) is 9.55 Å². The van der Waals surface area contributed by atoms with Crippen molar-refractivity contribution in [3.05, 3.63) is 56.4 Å². The molecule has 31 heavy (non-hydrogen) atoms. The Balaban J connectivity index is 1.66. The summed E-state index contributed by atoms with van der Waals surface area (Å²) in [5.74, 6) is 0.0567. The molecule has 0 saturated heterocycles. The fourth-order valence-electron chi connectivity index (χ4n) is 5.13. The highest BCUT2D eigenvalue weighted by atomic mass is 16.6. The van der Waals surface area contributed by atoms with Crippen LogP contribution in [0.1, 0.15) is 41.2 Å². The van der Waals surface area contributed by atoms with Crippen molar-refractivity contribution in [3.63, 3.8) is 0 Å². The van der Waals surface area contributed by atoms with Crippen molar-refractivity contribution in [1.29, 1.82) is 0 Å². The number of hydrogen-bond donors (Lipinski definition) is 2. The van der Waals surface area contributed by atoms with Crippen LogP contribution in [-0.4, -0.2) is 27.2 Å². The minimum absolute atomic E-state index is 0.119. The summed E-state index contributed by atoms with van der Waals surface area (Å²) in [7, 11) is 0. The molecule has 5 heterocycles. The molecule has 0 fully saturated rings. The molecule has 3 aliphatic heterocycles. The number of pyridine rings is 2. The van der Waals surface area contributed by atoms with Crippen LogP contribution in [0.2, 0.25) is 0 Å². The molecule has 0 saturated carbocycles. The maximum atomic E-state index is 13.4. The van der Waals surface area contributed by atoms with E-state index in [2.05, 4.69) is 0 Å². The summed E-state index contributed by atoms with van der Waals surface area (Å²) in [4.78, 5) is 30.6. The van der Waals surface area contributed by atoms with Gasteiger partial charge in [0.15, 0.2) is 5.60 Å². The molecule has 3 aromatic rings. The highest BCUT2D eigenvalue weighted by molar-refractivity contribution is 5.94. The number of cyclic esters (lactones) is 1. The molecule has 1 atom stereocenters. The van der Waals surface area contributed by atoms with E-state index < -0.39 is 11.6 Å². The van der Waals surface area contributed by atoms with Crippen LogP contribution in [0.25, 0.3) is 22.3 Å². The molecular weight excluding hydrogens is 398 g/mol. The van der Waals surface area contributed by atoms with Crippen molar-refractivity contribution in [3.8, 4) is 17.1 Å². The zero-order chi connectivity index (χ0) is 21.5. The van der Waals surface area contributed by atoms with Gasteiger partial charge in [0.2, 0.25) is 0 Å². The fourth-order valence-corrected chi connectivity index (χ4v) is 5.13. The molecule has 3 N–H and O–H groups in total. The van der Waals surface area contributed by atoms with Crippen LogP contribution >= 0.6 is 0 Å². The summed E-state index contributed by atoms with van der Waals surface area (Å²) < 4.78 is 12.7. The second kappa shape index (κ2) is 6.15. The lowest BCUT2D eigenvalue weighted by Crippen LogP contribution is -2.44. The van der Waals surface area contributed by atoms with E-state index >= 15 is 0 Å². The number of aromatic nitrogens is 2. The molecule has 2 aromatic heterocycles. The first-order chi connectivity index (χ1) is 15.0. The first kappa shape index (κ1) is 18.5. The Labute approximate surface area is 177 Å². The SMILES string of the molecule is CC[C@@]1(O)C(=O)OCc2c1cc1n(c2=O)Cc2c-1nc1ccc(CN)c3c1c2CCO3. The molecule has 6 rings (SSSR count). The lowest BCUT2D eigenvalue weighted by Gasteiger charge is -2.31. The van der Waals surface area contributed by atoms with Crippen LogP contribution in [0.5, 0.6) is 5.75 Å². The van der Waals surface area contributed by atoms with Gasteiger partial charge in [0.1, 0.15) is 12.4 Å². The molecule has 0 radical (unpaired) electrons. The van der Waals surface area contributed by atoms with Crippen molar-refractivity contribution >= 4 is 16.9 Å². The predicted molar refractivity (Wildman–Crippen MR) is 112 cm³/mol. The van der Waals surface area contributed by atoms with Gasteiger partial charge in [0.25, 0.3) is 5.56 Å². The molecule has 0 aliphatic carbocycles. The molecule has 158 valence electrons. The Morgan fingerprint density at radius 3 is 2.84 bits per heavy atom. The van der Waals surface area contributed by atoms with Gasteiger partial charge in [-0.1, -0.05) is 13.0 Å². The third-order valence-corrected chi connectivity index (χ3v) is 6.82. The molecule has 0 bridgehead atoms. The largest absolute Gasteiger partial charge is 0.492 e. The van der Waals surface area contributed by atoms with Crippen LogP contribution in [0, 0.1) is 0 Å². The lowest BCUT2D eigenvalue weighted by atomic mass is 9.86. The molecular formula is C23H21N3O5. The van der Waals surface area contributed by atoms with Crippen LogP contribution in [0.4, 0.5) is 0 Å². The van der Waals surface area contributed by atoms with Crippen molar-refractivity contribution in [2.45, 2.75) is 45.1 Å². The highest BCUT2D eigenvalue weighted by Crippen LogP contribution is 2.43. The van der Waals surface area contributed by atoms with E-state index in [1.807, 2.05) is 12.1 Å². The van der Waals surface area contributed by atoms with E-state index in [0.717, 1.165) is 33.3 Å². The standard InChI is InChI=1S/C23H21N3O5/c1-2-23(29)15-7-17-19-13(9-26(17)21(27)14(15)10-31-22(23)28)12-5-6-30-20-11(8-24)3-4-16(25-19)18(12)20/h3-4,7,29H,2,5-6,8-10,24H2,1H3/t23-/m0/s1. The molecule has 0 spiro atoms. The average Bonchev–Trinajstić information content (AvgIpc) is 3.16. The normalized spacial score (nSPS) is 20.7. The number of fused-ring (bicyclic) bond motifs is 5. The number of aliphatic hydroxyl groups is 1. The number of carbonyl (C=O) groups is 1. The highest BCUT2D eigenvalue weighted by Gasteiger charge is 2.45. The second-order valence-corrected chi connectivity index (χ2v) is 8.27. The summed E-state index contributed by atoms with van der Waals surface area (Å²) in [6.45, 7) is 2.86.